The van der Waals surface area contributed by atoms with Gasteiger partial charge in [-0.3, -0.25) is 0 Å². The van der Waals surface area contributed by atoms with E-state index in [9.17, 15) is 0 Å². The lowest BCUT2D eigenvalue weighted by Gasteiger charge is -2.12. The number of aliphatic hydroxyl groups is 1. The first kappa shape index (κ1) is 10.6. The predicted octanol–water partition coefficient (Wildman–Crippen LogP) is 1.49. The molecular formula is C10H14O2S. The van der Waals surface area contributed by atoms with E-state index in [4.69, 9.17) is 9.84 Å². The summed E-state index contributed by atoms with van der Waals surface area (Å²) in [5, 5.41) is 8.83. The van der Waals surface area contributed by atoms with Crippen LogP contribution in [0.2, 0.25) is 0 Å². The third-order valence-electron chi connectivity index (χ3n) is 1.74. The fraction of sp³-hybridized carbons (Fsp3) is 0.400. The molecule has 1 aromatic carbocycles. The number of aliphatic hydroxyl groups excluding tert-OH is 1. The molecule has 0 saturated carbocycles. The van der Waals surface area contributed by atoms with Gasteiger partial charge in [-0.25, -0.2) is 0 Å². The second-order valence-corrected chi connectivity index (χ2v) is 3.15. The number of benzene rings is 1. The van der Waals surface area contributed by atoms with Crippen molar-refractivity contribution < 1.29 is 9.84 Å². The van der Waals surface area contributed by atoms with E-state index in [2.05, 4.69) is 12.6 Å². The highest BCUT2D eigenvalue weighted by Crippen LogP contribution is 2.03. The lowest BCUT2D eigenvalue weighted by Crippen LogP contribution is -2.19. The van der Waals surface area contributed by atoms with Crippen LogP contribution in [0.4, 0.5) is 0 Å². The molecule has 1 rings (SSSR count). The maximum Gasteiger partial charge on any atom is 0.0897 e. The van der Waals surface area contributed by atoms with Gasteiger partial charge in [0.2, 0.25) is 0 Å². The molecular weight excluding hydrogens is 184 g/mol. The Morgan fingerprint density at radius 3 is 2.54 bits per heavy atom. The molecule has 0 radical (unpaired) electrons. The molecule has 2 nitrogen and oxygen atoms in total. The normalized spacial score (nSPS) is 12.8. The number of ether oxygens (including phenoxy) is 1. The van der Waals surface area contributed by atoms with Crippen molar-refractivity contribution in [3.63, 3.8) is 0 Å². The summed E-state index contributed by atoms with van der Waals surface area (Å²) in [6.07, 6.45) is -0.163. The van der Waals surface area contributed by atoms with Crippen molar-refractivity contribution in [1.29, 1.82) is 0 Å². The van der Waals surface area contributed by atoms with Crippen LogP contribution in [0, 0.1) is 0 Å². The predicted molar refractivity (Wildman–Crippen MR) is 56.0 cm³/mol. The first-order chi connectivity index (χ1) is 6.36. The van der Waals surface area contributed by atoms with Gasteiger partial charge in [-0.05, 0) is 5.56 Å². The van der Waals surface area contributed by atoms with E-state index in [0.29, 0.717) is 12.4 Å². The Bertz CT molecular complexity index is 222. The minimum atomic E-state index is -0.163. The summed E-state index contributed by atoms with van der Waals surface area (Å²) in [6.45, 7) is 0.558. The average Bonchev–Trinajstić information content (AvgIpc) is 2.21. The second-order valence-electron chi connectivity index (χ2n) is 2.78. The van der Waals surface area contributed by atoms with Gasteiger partial charge in [-0.2, -0.15) is 12.6 Å². The van der Waals surface area contributed by atoms with E-state index in [1.807, 2.05) is 30.3 Å². The Morgan fingerprint density at radius 2 is 2.00 bits per heavy atom. The van der Waals surface area contributed by atoms with Crippen LogP contribution >= 0.6 is 12.6 Å². The van der Waals surface area contributed by atoms with Crippen LogP contribution in [0.3, 0.4) is 0 Å². The van der Waals surface area contributed by atoms with E-state index >= 15 is 0 Å². The van der Waals surface area contributed by atoms with Gasteiger partial charge < -0.3 is 9.84 Å². The van der Waals surface area contributed by atoms with Crippen LogP contribution < -0.4 is 0 Å². The summed E-state index contributed by atoms with van der Waals surface area (Å²) >= 11 is 4.06. The highest BCUT2D eigenvalue weighted by Gasteiger charge is 2.04. The van der Waals surface area contributed by atoms with Crippen LogP contribution in [0.5, 0.6) is 0 Å². The fourth-order valence-corrected chi connectivity index (χ4v) is 1.17. The molecule has 0 amide bonds. The van der Waals surface area contributed by atoms with Gasteiger partial charge >= 0.3 is 0 Å². The third kappa shape index (κ3) is 3.81. The molecule has 0 aliphatic carbocycles. The van der Waals surface area contributed by atoms with Crippen LogP contribution in [-0.4, -0.2) is 23.6 Å². The zero-order chi connectivity index (χ0) is 9.52. The second kappa shape index (κ2) is 6.02. The Labute approximate surface area is 84.0 Å². The molecule has 0 aromatic heterocycles. The molecule has 3 heteroatoms. The molecule has 0 heterocycles. The van der Waals surface area contributed by atoms with Gasteiger partial charge in [0.05, 0.1) is 19.3 Å². The fourth-order valence-electron chi connectivity index (χ4n) is 0.951. The van der Waals surface area contributed by atoms with Crippen molar-refractivity contribution in [3.05, 3.63) is 35.9 Å². The first-order valence-corrected chi connectivity index (χ1v) is 4.87. The lowest BCUT2D eigenvalue weighted by atomic mass is 10.2. The van der Waals surface area contributed by atoms with E-state index < -0.39 is 0 Å². The molecule has 1 aromatic rings. The Morgan fingerprint density at radius 1 is 1.31 bits per heavy atom. The van der Waals surface area contributed by atoms with Gasteiger partial charge in [0.25, 0.3) is 0 Å². The van der Waals surface area contributed by atoms with Crippen LogP contribution in [-0.2, 0) is 11.3 Å². The summed E-state index contributed by atoms with van der Waals surface area (Å²) in [7, 11) is 0. The molecule has 72 valence electrons. The molecule has 0 spiro atoms. The summed E-state index contributed by atoms with van der Waals surface area (Å²) < 4.78 is 5.40. The molecule has 13 heavy (non-hydrogen) atoms. The van der Waals surface area contributed by atoms with E-state index in [0.717, 1.165) is 5.56 Å². The molecule has 0 aliphatic heterocycles. The molecule has 0 fully saturated rings. The zero-order valence-corrected chi connectivity index (χ0v) is 8.28. The van der Waals surface area contributed by atoms with Crippen molar-refractivity contribution in [1.82, 2.24) is 0 Å². The lowest BCUT2D eigenvalue weighted by molar-refractivity contribution is 0.0176. The Hall–Kier alpha value is -0.510. The summed E-state index contributed by atoms with van der Waals surface area (Å²) in [6, 6.07) is 9.88. The first-order valence-electron chi connectivity index (χ1n) is 4.24. The quantitative estimate of drug-likeness (QED) is 0.702. The maximum atomic E-state index is 8.83. The molecule has 0 bridgehead atoms. The molecule has 0 aliphatic rings. The minimum Gasteiger partial charge on any atom is -0.394 e. The van der Waals surface area contributed by atoms with Gasteiger partial charge in [-0.1, -0.05) is 30.3 Å². The highest BCUT2D eigenvalue weighted by molar-refractivity contribution is 7.80. The molecule has 0 unspecified atom stereocenters. The number of hydrogen-bond acceptors (Lipinski definition) is 3. The van der Waals surface area contributed by atoms with E-state index in [1.165, 1.54) is 0 Å². The van der Waals surface area contributed by atoms with Crippen molar-refractivity contribution in [2.75, 3.05) is 12.4 Å². The molecule has 1 atom stereocenters. The third-order valence-corrected chi connectivity index (χ3v) is 2.14. The maximum absolute atomic E-state index is 8.83. The SMILES string of the molecule is OC[C@@H](CS)OCc1ccccc1. The van der Waals surface area contributed by atoms with Crippen molar-refractivity contribution in [3.8, 4) is 0 Å². The number of rotatable bonds is 5. The van der Waals surface area contributed by atoms with Crippen LogP contribution in [0.25, 0.3) is 0 Å². The number of hydrogen-bond donors (Lipinski definition) is 2. The van der Waals surface area contributed by atoms with Crippen molar-refractivity contribution in [2.45, 2.75) is 12.7 Å². The standard InChI is InChI=1S/C10H14O2S/c11-6-10(8-13)12-7-9-4-2-1-3-5-9/h1-5,10-11,13H,6-8H2/t10-/m0/s1. The number of thiol groups is 1. The highest BCUT2D eigenvalue weighted by atomic mass is 32.1. The van der Waals surface area contributed by atoms with Gasteiger partial charge in [-0.15, -0.1) is 0 Å². The van der Waals surface area contributed by atoms with E-state index in [-0.39, 0.29) is 12.7 Å². The summed E-state index contributed by atoms with van der Waals surface area (Å²) in [4.78, 5) is 0. The van der Waals surface area contributed by atoms with Gasteiger partial charge in [0.15, 0.2) is 0 Å². The largest absolute Gasteiger partial charge is 0.394 e. The van der Waals surface area contributed by atoms with Crippen molar-refractivity contribution >= 4 is 12.6 Å². The Balaban J connectivity index is 2.34. The average molecular weight is 198 g/mol. The molecule has 1 N–H and O–H groups in total. The minimum absolute atomic E-state index is 0.0241. The van der Waals surface area contributed by atoms with Gasteiger partial charge in [0, 0.05) is 5.75 Å². The smallest absolute Gasteiger partial charge is 0.0897 e. The van der Waals surface area contributed by atoms with Crippen LogP contribution in [0.1, 0.15) is 5.56 Å². The summed E-state index contributed by atoms with van der Waals surface area (Å²) in [5.74, 6) is 0.545. The monoisotopic (exact) mass is 198 g/mol. The molecule has 0 saturated heterocycles. The van der Waals surface area contributed by atoms with E-state index in [1.54, 1.807) is 0 Å². The Kier molecular flexibility index (Phi) is 4.90. The van der Waals surface area contributed by atoms with Crippen LogP contribution in [0.15, 0.2) is 30.3 Å². The van der Waals surface area contributed by atoms with Crippen molar-refractivity contribution in [2.24, 2.45) is 0 Å². The summed E-state index contributed by atoms with van der Waals surface area (Å²) in [5.41, 5.74) is 1.11. The zero-order valence-electron chi connectivity index (χ0n) is 7.39. The topological polar surface area (TPSA) is 29.5 Å². The van der Waals surface area contributed by atoms with Gasteiger partial charge in [0.1, 0.15) is 0 Å².